The summed E-state index contributed by atoms with van der Waals surface area (Å²) in [6.07, 6.45) is 1.75. The molecule has 1 aromatic heterocycles. The molecule has 17 heavy (non-hydrogen) atoms. The number of halogens is 1. The van der Waals surface area contributed by atoms with Crippen molar-refractivity contribution in [1.82, 2.24) is 9.78 Å². The van der Waals surface area contributed by atoms with E-state index in [4.69, 9.17) is 11.6 Å². The molecular formula is C11H11ClN4O. The molecule has 5 nitrogen and oxygen atoms in total. The third-order valence-electron chi connectivity index (χ3n) is 2.04. The number of anilines is 2. The van der Waals surface area contributed by atoms with Crippen LogP contribution in [0.2, 0.25) is 5.02 Å². The van der Waals surface area contributed by atoms with Crippen LogP contribution in [-0.4, -0.2) is 15.8 Å². The molecule has 1 heterocycles. The summed E-state index contributed by atoms with van der Waals surface area (Å²) in [5.74, 6) is 0.493. The molecule has 1 aromatic carbocycles. The Balaban J connectivity index is 1.98. The lowest BCUT2D eigenvalue weighted by molar-refractivity contribution is 0.262. The van der Waals surface area contributed by atoms with Gasteiger partial charge in [-0.2, -0.15) is 5.10 Å². The summed E-state index contributed by atoms with van der Waals surface area (Å²) in [6.45, 7) is 0. The predicted molar refractivity (Wildman–Crippen MR) is 67.3 cm³/mol. The normalized spacial score (nSPS) is 10.0. The second-order valence-electron chi connectivity index (χ2n) is 3.46. The number of rotatable bonds is 2. The Morgan fingerprint density at radius 3 is 2.82 bits per heavy atom. The summed E-state index contributed by atoms with van der Waals surface area (Å²) >= 11 is 5.80. The van der Waals surface area contributed by atoms with Crippen LogP contribution in [0.4, 0.5) is 16.3 Å². The highest BCUT2D eigenvalue weighted by molar-refractivity contribution is 6.30. The molecule has 0 radical (unpaired) electrons. The van der Waals surface area contributed by atoms with E-state index in [-0.39, 0.29) is 6.03 Å². The second-order valence-corrected chi connectivity index (χ2v) is 3.90. The lowest BCUT2D eigenvalue weighted by Crippen LogP contribution is -2.19. The van der Waals surface area contributed by atoms with E-state index in [1.54, 1.807) is 48.3 Å². The Morgan fingerprint density at radius 2 is 2.18 bits per heavy atom. The molecule has 0 spiro atoms. The maximum atomic E-state index is 11.6. The van der Waals surface area contributed by atoms with Crippen LogP contribution in [0.1, 0.15) is 0 Å². The van der Waals surface area contributed by atoms with Gasteiger partial charge in [-0.05, 0) is 18.2 Å². The van der Waals surface area contributed by atoms with Gasteiger partial charge in [0.1, 0.15) is 0 Å². The number of amides is 2. The average Bonchev–Trinajstić information content (AvgIpc) is 2.63. The molecule has 0 fully saturated rings. The summed E-state index contributed by atoms with van der Waals surface area (Å²) in [6, 6.07) is 8.27. The molecular weight excluding hydrogens is 240 g/mol. The summed E-state index contributed by atoms with van der Waals surface area (Å²) in [5, 5.41) is 9.86. The summed E-state index contributed by atoms with van der Waals surface area (Å²) < 4.78 is 1.61. The summed E-state index contributed by atoms with van der Waals surface area (Å²) in [5.41, 5.74) is 0.630. The Bertz CT molecular complexity index is 538. The highest BCUT2D eigenvalue weighted by Gasteiger charge is 2.04. The maximum absolute atomic E-state index is 11.6. The van der Waals surface area contributed by atoms with Gasteiger partial charge in [-0.1, -0.05) is 17.7 Å². The van der Waals surface area contributed by atoms with Gasteiger partial charge < -0.3 is 5.32 Å². The van der Waals surface area contributed by atoms with Gasteiger partial charge in [0, 0.05) is 30.0 Å². The number of urea groups is 1. The topological polar surface area (TPSA) is 59.0 Å². The van der Waals surface area contributed by atoms with Crippen LogP contribution in [0.15, 0.2) is 36.5 Å². The van der Waals surface area contributed by atoms with Crippen molar-refractivity contribution in [2.45, 2.75) is 0 Å². The van der Waals surface area contributed by atoms with Crippen LogP contribution in [0.3, 0.4) is 0 Å². The Kier molecular flexibility index (Phi) is 3.30. The summed E-state index contributed by atoms with van der Waals surface area (Å²) in [4.78, 5) is 11.6. The number of aromatic nitrogens is 2. The molecule has 0 aliphatic carbocycles. The molecule has 0 atom stereocenters. The zero-order chi connectivity index (χ0) is 12.3. The van der Waals surface area contributed by atoms with E-state index in [1.807, 2.05) is 0 Å². The van der Waals surface area contributed by atoms with Gasteiger partial charge in [-0.25, -0.2) is 4.79 Å². The molecule has 0 saturated heterocycles. The quantitative estimate of drug-likeness (QED) is 0.861. The lowest BCUT2D eigenvalue weighted by Gasteiger charge is -2.05. The number of hydrogen-bond acceptors (Lipinski definition) is 2. The first-order valence-electron chi connectivity index (χ1n) is 4.97. The fraction of sp³-hybridized carbons (Fsp3) is 0.0909. The first-order valence-corrected chi connectivity index (χ1v) is 5.34. The molecule has 2 rings (SSSR count). The van der Waals surface area contributed by atoms with E-state index in [0.29, 0.717) is 16.5 Å². The SMILES string of the molecule is Cn1ccc(NC(=O)Nc2cccc(Cl)c2)n1. The minimum absolute atomic E-state index is 0.356. The van der Waals surface area contributed by atoms with Gasteiger partial charge in [-0.15, -0.1) is 0 Å². The van der Waals surface area contributed by atoms with Gasteiger partial charge >= 0.3 is 6.03 Å². The van der Waals surface area contributed by atoms with Crippen LogP contribution in [-0.2, 0) is 7.05 Å². The first kappa shape index (κ1) is 11.5. The first-order chi connectivity index (χ1) is 8.13. The van der Waals surface area contributed by atoms with Crippen molar-refractivity contribution in [2.24, 2.45) is 7.05 Å². The largest absolute Gasteiger partial charge is 0.324 e. The molecule has 0 unspecified atom stereocenters. The molecule has 88 valence electrons. The van der Waals surface area contributed by atoms with Crippen molar-refractivity contribution < 1.29 is 4.79 Å². The number of nitrogens with zero attached hydrogens (tertiary/aromatic N) is 2. The minimum atomic E-state index is -0.356. The number of benzene rings is 1. The number of carbonyl (C=O) groups is 1. The van der Waals surface area contributed by atoms with E-state index < -0.39 is 0 Å². The molecule has 0 saturated carbocycles. The average molecular weight is 251 g/mol. The van der Waals surface area contributed by atoms with Gasteiger partial charge in [0.25, 0.3) is 0 Å². The Hall–Kier alpha value is -2.01. The van der Waals surface area contributed by atoms with Crippen LogP contribution in [0.5, 0.6) is 0 Å². The van der Waals surface area contributed by atoms with Crippen LogP contribution in [0.25, 0.3) is 0 Å². The van der Waals surface area contributed by atoms with Crippen LogP contribution in [0, 0.1) is 0 Å². The van der Waals surface area contributed by atoms with E-state index in [9.17, 15) is 4.79 Å². The number of aryl methyl sites for hydroxylation is 1. The fourth-order valence-electron chi connectivity index (χ4n) is 1.33. The van der Waals surface area contributed by atoms with E-state index in [1.165, 1.54) is 0 Å². The fourth-order valence-corrected chi connectivity index (χ4v) is 1.52. The minimum Gasteiger partial charge on any atom is -0.308 e. The molecule has 0 bridgehead atoms. The van der Waals surface area contributed by atoms with E-state index >= 15 is 0 Å². The molecule has 2 amide bonds. The van der Waals surface area contributed by atoms with Crippen molar-refractivity contribution in [3.05, 3.63) is 41.6 Å². The molecule has 0 aliphatic rings. The standard InChI is InChI=1S/C11H11ClN4O/c1-16-6-5-10(15-16)14-11(17)13-9-4-2-3-8(12)7-9/h2-7H,1H3,(H2,13,14,15,17). The number of carbonyl (C=O) groups excluding carboxylic acids is 1. The predicted octanol–water partition coefficient (Wildman–Crippen LogP) is 2.72. The molecule has 6 heteroatoms. The van der Waals surface area contributed by atoms with Gasteiger partial charge in [0.05, 0.1) is 0 Å². The van der Waals surface area contributed by atoms with Crippen molar-refractivity contribution in [3.8, 4) is 0 Å². The van der Waals surface area contributed by atoms with Crippen molar-refractivity contribution in [3.63, 3.8) is 0 Å². The van der Waals surface area contributed by atoms with Gasteiger partial charge in [0.15, 0.2) is 5.82 Å². The van der Waals surface area contributed by atoms with E-state index in [2.05, 4.69) is 15.7 Å². The monoisotopic (exact) mass is 250 g/mol. The maximum Gasteiger partial charge on any atom is 0.324 e. The number of hydrogen-bond donors (Lipinski definition) is 2. The summed E-state index contributed by atoms with van der Waals surface area (Å²) in [7, 11) is 1.78. The third kappa shape index (κ3) is 3.22. The Morgan fingerprint density at radius 1 is 1.35 bits per heavy atom. The van der Waals surface area contributed by atoms with Crippen molar-refractivity contribution >= 4 is 29.1 Å². The zero-order valence-electron chi connectivity index (χ0n) is 9.14. The van der Waals surface area contributed by atoms with Crippen molar-refractivity contribution in [2.75, 3.05) is 10.6 Å². The van der Waals surface area contributed by atoms with Crippen LogP contribution >= 0.6 is 11.6 Å². The molecule has 2 N–H and O–H groups in total. The van der Waals surface area contributed by atoms with Gasteiger partial charge in [0.2, 0.25) is 0 Å². The third-order valence-corrected chi connectivity index (χ3v) is 2.27. The zero-order valence-corrected chi connectivity index (χ0v) is 9.90. The highest BCUT2D eigenvalue weighted by Crippen LogP contribution is 2.15. The smallest absolute Gasteiger partial charge is 0.308 e. The molecule has 2 aromatic rings. The van der Waals surface area contributed by atoms with Crippen molar-refractivity contribution in [1.29, 1.82) is 0 Å². The van der Waals surface area contributed by atoms with E-state index in [0.717, 1.165) is 0 Å². The number of nitrogens with one attached hydrogen (secondary N) is 2. The highest BCUT2D eigenvalue weighted by atomic mass is 35.5. The van der Waals surface area contributed by atoms with Crippen LogP contribution < -0.4 is 10.6 Å². The lowest BCUT2D eigenvalue weighted by atomic mass is 10.3. The van der Waals surface area contributed by atoms with Gasteiger partial charge in [-0.3, -0.25) is 10.00 Å². The Labute approximate surface area is 103 Å². The molecule has 0 aliphatic heterocycles. The second kappa shape index (κ2) is 4.88.